The summed E-state index contributed by atoms with van der Waals surface area (Å²) in [5.74, 6) is 2.04. The SMILES string of the molecule is CCNC(=NCc1ccnc(N2CCCC2)c1)NCC1(C(=O)N(C)C)CCCC1.I. The van der Waals surface area contributed by atoms with Gasteiger partial charge in [-0.25, -0.2) is 9.98 Å². The van der Waals surface area contributed by atoms with E-state index < -0.39 is 0 Å². The predicted octanol–water partition coefficient (Wildman–Crippen LogP) is 3.00. The van der Waals surface area contributed by atoms with Gasteiger partial charge in [0.25, 0.3) is 0 Å². The van der Waals surface area contributed by atoms with Gasteiger partial charge in [0, 0.05) is 46.5 Å². The number of rotatable bonds is 7. The van der Waals surface area contributed by atoms with Gasteiger partial charge in [0.2, 0.25) is 5.91 Å². The molecule has 1 saturated heterocycles. The standard InChI is InChI=1S/C22H36N6O.HI/c1-4-23-21(26-17-22(10-5-6-11-22)20(29)27(2)3)25-16-18-9-12-24-19(15-18)28-13-7-8-14-28;/h9,12,15H,4-8,10-11,13-14,16-17H2,1-3H3,(H2,23,25,26);1H. The van der Waals surface area contributed by atoms with Crippen molar-refractivity contribution < 1.29 is 4.79 Å². The molecule has 1 saturated carbocycles. The third kappa shape index (κ3) is 6.21. The molecular formula is C22H37IN6O. The van der Waals surface area contributed by atoms with Crippen LogP contribution in [0.2, 0.25) is 0 Å². The van der Waals surface area contributed by atoms with Gasteiger partial charge in [-0.15, -0.1) is 24.0 Å². The number of guanidine groups is 1. The molecule has 0 atom stereocenters. The van der Waals surface area contributed by atoms with Crippen molar-refractivity contribution in [3.05, 3.63) is 23.9 Å². The van der Waals surface area contributed by atoms with Gasteiger partial charge in [-0.3, -0.25) is 4.79 Å². The summed E-state index contributed by atoms with van der Waals surface area (Å²) in [5, 5.41) is 6.76. The number of anilines is 1. The highest BCUT2D eigenvalue weighted by molar-refractivity contribution is 14.0. The van der Waals surface area contributed by atoms with Gasteiger partial charge in [0.05, 0.1) is 12.0 Å². The molecule has 2 heterocycles. The molecule has 1 aliphatic carbocycles. The molecule has 1 aromatic heterocycles. The van der Waals surface area contributed by atoms with Crippen molar-refractivity contribution in [2.75, 3.05) is 45.2 Å². The van der Waals surface area contributed by atoms with Crippen LogP contribution in [0.15, 0.2) is 23.3 Å². The summed E-state index contributed by atoms with van der Waals surface area (Å²) in [6.45, 7) is 6.25. The summed E-state index contributed by atoms with van der Waals surface area (Å²) in [5.41, 5.74) is 0.846. The van der Waals surface area contributed by atoms with Gasteiger partial charge in [-0.2, -0.15) is 0 Å². The van der Waals surface area contributed by atoms with Crippen molar-refractivity contribution in [3.63, 3.8) is 0 Å². The third-order valence-corrected chi connectivity index (χ3v) is 6.02. The van der Waals surface area contributed by atoms with Gasteiger partial charge in [-0.05, 0) is 50.3 Å². The van der Waals surface area contributed by atoms with Crippen LogP contribution in [-0.4, -0.2) is 62.0 Å². The maximum atomic E-state index is 12.8. The first-order chi connectivity index (χ1) is 14.0. The Bertz CT molecular complexity index is 711. The van der Waals surface area contributed by atoms with Crippen molar-refractivity contribution in [2.24, 2.45) is 10.4 Å². The molecule has 0 bridgehead atoms. The Balaban J connectivity index is 0.00000320. The highest BCUT2D eigenvalue weighted by Crippen LogP contribution is 2.38. The largest absolute Gasteiger partial charge is 0.357 e. The average Bonchev–Trinajstić information content (AvgIpc) is 3.42. The van der Waals surface area contributed by atoms with Crippen LogP contribution in [0.25, 0.3) is 0 Å². The molecule has 30 heavy (non-hydrogen) atoms. The molecule has 1 aromatic rings. The number of carbonyl (C=O) groups is 1. The van der Waals surface area contributed by atoms with E-state index in [1.54, 1.807) is 4.90 Å². The van der Waals surface area contributed by atoms with Crippen molar-refractivity contribution in [1.82, 2.24) is 20.5 Å². The van der Waals surface area contributed by atoms with Crippen LogP contribution in [0.1, 0.15) is 51.0 Å². The topological polar surface area (TPSA) is 72.9 Å². The predicted molar refractivity (Wildman–Crippen MR) is 134 cm³/mol. The minimum Gasteiger partial charge on any atom is -0.357 e. The molecule has 0 unspecified atom stereocenters. The Kier molecular flexibility index (Phi) is 9.64. The number of pyridine rings is 1. The van der Waals surface area contributed by atoms with Crippen LogP contribution < -0.4 is 15.5 Å². The second-order valence-electron chi connectivity index (χ2n) is 8.45. The fourth-order valence-electron chi connectivity index (χ4n) is 4.44. The molecule has 1 amide bonds. The second kappa shape index (κ2) is 11.7. The van der Waals surface area contributed by atoms with E-state index >= 15 is 0 Å². The number of nitrogens with zero attached hydrogens (tertiary/aromatic N) is 4. The van der Waals surface area contributed by atoms with Crippen LogP contribution >= 0.6 is 24.0 Å². The minimum atomic E-state index is -0.306. The molecule has 2 N–H and O–H groups in total. The van der Waals surface area contributed by atoms with Crippen LogP contribution in [0.3, 0.4) is 0 Å². The number of aromatic nitrogens is 1. The molecule has 7 nitrogen and oxygen atoms in total. The summed E-state index contributed by atoms with van der Waals surface area (Å²) in [6.07, 6.45) is 8.48. The molecule has 3 rings (SSSR count). The third-order valence-electron chi connectivity index (χ3n) is 6.02. The zero-order chi connectivity index (χ0) is 20.7. The number of carbonyl (C=O) groups excluding carboxylic acids is 1. The van der Waals surface area contributed by atoms with Crippen molar-refractivity contribution >= 4 is 41.7 Å². The van der Waals surface area contributed by atoms with E-state index in [2.05, 4.69) is 33.5 Å². The highest BCUT2D eigenvalue weighted by atomic mass is 127. The number of amides is 1. The van der Waals surface area contributed by atoms with Gasteiger partial charge in [0.1, 0.15) is 5.82 Å². The summed E-state index contributed by atoms with van der Waals surface area (Å²) in [4.78, 5) is 26.2. The zero-order valence-corrected chi connectivity index (χ0v) is 20.9. The smallest absolute Gasteiger partial charge is 0.230 e. The molecule has 1 aliphatic heterocycles. The van der Waals surface area contributed by atoms with E-state index in [1.807, 2.05) is 26.4 Å². The molecule has 2 aliphatic rings. The van der Waals surface area contributed by atoms with Crippen molar-refractivity contribution in [1.29, 1.82) is 0 Å². The Morgan fingerprint density at radius 1 is 1.20 bits per heavy atom. The molecule has 168 valence electrons. The fraction of sp³-hybridized carbons (Fsp3) is 0.682. The minimum absolute atomic E-state index is 0. The van der Waals surface area contributed by atoms with Gasteiger partial charge < -0.3 is 20.4 Å². The van der Waals surface area contributed by atoms with Gasteiger partial charge in [-0.1, -0.05) is 12.8 Å². The van der Waals surface area contributed by atoms with Crippen molar-refractivity contribution in [2.45, 2.75) is 52.0 Å². The first kappa shape index (κ1) is 24.7. The Morgan fingerprint density at radius 2 is 1.90 bits per heavy atom. The fourth-order valence-corrected chi connectivity index (χ4v) is 4.44. The van der Waals surface area contributed by atoms with Gasteiger partial charge >= 0.3 is 0 Å². The van der Waals surface area contributed by atoms with Crippen molar-refractivity contribution in [3.8, 4) is 0 Å². The molecule has 0 radical (unpaired) electrons. The molecule has 8 heteroatoms. The molecule has 0 aromatic carbocycles. The summed E-state index contributed by atoms with van der Waals surface area (Å²) >= 11 is 0. The van der Waals surface area contributed by atoms with E-state index in [0.717, 1.165) is 62.7 Å². The monoisotopic (exact) mass is 528 g/mol. The maximum absolute atomic E-state index is 12.8. The lowest BCUT2D eigenvalue weighted by atomic mass is 9.84. The number of hydrogen-bond donors (Lipinski definition) is 2. The quantitative estimate of drug-likeness (QED) is 0.324. The number of halogens is 1. The lowest BCUT2D eigenvalue weighted by Gasteiger charge is -2.31. The van der Waals surface area contributed by atoms with E-state index in [4.69, 9.17) is 4.99 Å². The van der Waals surface area contributed by atoms with Crippen LogP contribution in [0, 0.1) is 5.41 Å². The first-order valence-electron chi connectivity index (χ1n) is 11.0. The highest BCUT2D eigenvalue weighted by Gasteiger charge is 2.42. The normalized spacial score (nSPS) is 18.1. The van der Waals surface area contributed by atoms with E-state index in [1.165, 1.54) is 12.8 Å². The Hall–Kier alpha value is -1.58. The maximum Gasteiger partial charge on any atom is 0.230 e. The Labute approximate surface area is 198 Å². The lowest BCUT2D eigenvalue weighted by Crippen LogP contribution is -2.49. The summed E-state index contributed by atoms with van der Waals surface area (Å²) < 4.78 is 0. The number of nitrogens with one attached hydrogen (secondary N) is 2. The van der Waals surface area contributed by atoms with E-state index in [-0.39, 0.29) is 35.3 Å². The van der Waals surface area contributed by atoms with Crippen LogP contribution in [0.5, 0.6) is 0 Å². The number of hydrogen-bond acceptors (Lipinski definition) is 4. The molecule has 0 spiro atoms. The zero-order valence-electron chi connectivity index (χ0n) is 18.6. The Morgan fingerprint density at radius 3 is 2.53 bits per heavy atom. The van der Waals surface area contributed by atoms with Crippen LogP contribution in [-0.2, 0) is 11.3 Å². The van der Waals surface area contributed by atoms with Gasteiger partial charge in [0.15, 0.2) is 5.96 Å². The van der Waals surface area contributed by atoms with E-state index in [0.29, 0.717) is 13.1 Å². The molecular weight excluding hydrogens is 491 g/mol. The average molecular weight is 528 g/mol. The van der Waals surface area contributed by atoms with Crippen LogP contribution in [0.4, 0.5) is 5.82 Å². The number of aliphatic imine (C=N–C) groups is 1. The molecule has 2 fully saturated rings. The van der Waals surface area contributed by atoms with E-state index in [9.17, 15) is 4.79 Å². The second-order valence-corrected chi connectivity index (χ2v) is 8.45. The lowest BCUT2D eigenvalue weighted by molar-refractivity contribution is -0.138. The summed E-state index contributed by atoms with van der Waals surface area (Å²) in [7, 11) is 3.70. The first-order valence-corrected chi connectivity index (χ1v) is 11.0. The summed E-state index contributed by atoms with van der Waals surface area (Å²) in [6, 6.07) is 4.17.